The molecule has 0 radical (unpaired) electrons. The molecule has 2 rings (SSSR count). The Morgan fingerprint density at radius 1 is 1.50 bits per heavy atom. The lowest BCUT2D eigenvalue weighted by atomic mass is 9.91. The summed E-state index contributed by atoms with van der Waals surface area (Å²) in [5.74, 6) is -0.113. The lowest BCUT2D eigenvalue weighted by Gasteiger charge is -2.44. The van der Waals surface area contributed by atoms with Gasteiger partial charge in [0.05, 0.1) is 11.7 Å². The molecule has 0 spiro atoms. The first-order valence-corrected chi connectivity index (χ1v) is 6.72. The zero-order valence-corrected chi connectivity index (χ0v) is 11.6. The lowest BCUT2D eigenvalue weighted by molar-refractivity contribution is -0.139. The van der Waals surface area contributed by atoms with Crippen LogP contribution in [-0.4, -0.2) is 47.7 Å². The second-order valence-electron chi connectivity index (χ2n) is 6.54. The average Bonchev–Trinajstić information content (AvgIpc) is 2.95. The molecular weight excluding hydrogens is 230 g/mol. The molecule has 1 heterocycles. The molecular formula is C13H25N3O2. The molecule has 1 aliphatic heterocycles. The maximum atomic E-state index is 11.7. The van der Waals surface area contributed by atoms with Crippen LogP contribution in [0.25, 0.3) is 0 Å². The van der Waals surface area contributed by atoms with Crippen LogP contribution in [-0.2, 0) is 9.53 Å². The summed E-state index contributed by atoms with van der Waals surface area (Å²) >= 11 is 0. The minimum Gasteiger partial charge on any atom is -0.370 e. The number of nitrogens with two attached hydrogens (primary N) is 2. The molecule has 1 aliphatic carbocycles. The van der Waals surface area contributed by atoms with Gasteiger partial charge in [-0.2, -0.15) is 0 Å². The summed E-state index contributed by atoms with van der Waals surface area (Å²) in [6.45, 7) is 8.32. The zero-order chi connectivity index (χ0) is 13.6. The Kier molecular flexibility index (Phi) is 3.42. The molecule has 0 bridgehead atoms. The quantitative estimate of drug-likeness (QED) is 0.745. The van der Waals surface area contributed by atoms with Crippen molar-refractivity contribution in [2.75, 3.05) is 19.6 Å². The first kappa shape index (κ1) is 13.8. The third-order valence-corrected chi connectivity index (χ3v) is 3.89. The van der Waals surface area contributed by atoms with Gasteiger partial charge < -0.3 is 16.2 Å². The third-order valence-electron chi connectivity index (χ3n) is 3.89. The van der Waals surface area contributed by atoms with E-state index in [0.29, 0.717) is 6.54 Å². The Hall–Kier alpha value is -0.650. The Morgan fingerprint density at radius 3 is 2.56 bits per heavy atom. The highest BCUT2D eigenvalue weighted by Crippen LogP contribution is 2.39. The molecule has 1 saturated carbocycles. The van der Waals surface area contributed by atoms with E-state index in [9.17, 15) is 4.79 Å². The normalized spacial score (nSPS) is 31.9. The number of amides is 1. The summed E-state index contributed by atoms with van der Waals surface area (Å²) in [6.07, 6.45) is 2.19. The van der Waals surface area contributed by atoms with Gasteiger partial charge in [0.15, 0.2) is 0 Å². The SMILES string of the molecule is CC1CN(CC(N)(C(N)=O)C2CC2)CC(C)(C)O1. The van der Waals surface area contributed by atoms with Crippen LogP contribution in [0.4, 0.5) is 0 Å². The van der Waals surface area contributed by atoms with Crippen molar-refractivity contribution >= 4 is 5.91 Å². The van der Waals surface area contributed by atoms with Crippen molar-refractivity contribution in [2.24, 2.45) is 17.4 Å². The van der Waals surface area contributed by atoms with Gasteiger partial charge in [0.2, 0.25) is 5.91 Å². The number of carbonyl (C=O) groups is 1. The van der Waals surface area contributed by atoms with Crippen LogP contribution in [0.1, 0.15) is 33.6 Å². The van der Waals surface area contributed by atoms with Gasteiger partial charge in [-0.3, -0.25) is 9.69 Å². The Bertz CT molecular complexity index is 341. The van der Waals surface area contributed by atoms with Gasteiger partial charge in [0.1, 0.15) is 5.54 Å². The number of ether oxygens (including phenoxy) is 1. The van der Waals surface area contributed by atoms with Crippen molar-refractivity contribution in [1.29, 1.82) is 0 Å². The summed E-state index contributed by atoms with van der Waals surface area (Å²) in [4.78, 5) is 13.9. The van der Waals surface area contributed by atoms with Crippen molar-refractivity contribution in [3.8, 4) is 0 Å². The monoisotopic (exact) mass is 255 g/mol. The second kappa shape index (κ2) is 4.47. The third kappa shape index (κ3) is 2.84. The van der Waals surface area contributed by atoms with Crippen LogP contribution in [0.5, 0.6) is 0 Å². The first-order chi connectivity index (χ1) is 8.23. The van der Waals surface area contributed by atoms with E-state index in [1.165, 1.54) is 0 Å². The molecule has 18 heavy (non-hydrogen) atoms. The number of carbonyl (C=O) groups excluding carboxylic acids is 1. The highest BCUT2D eigenvalue weighted by atomic mass is 16.5. The van der Waals surface area contributed by atoms with Gasteiger partial charge in [-0.25, -0.2) is 0 Å². The fraction of sp³-hybridized carbons (Fsp3) is 0.923. The number of rotatable bonds is 4. The van der Waals surface area contributed by atoms with Crippen molar-refractivity contribution in [1.82, 2.24) is 4.90 Å². The molecule has 2 fully saturated rings. The molecule has 0 aromatic rings. The fourth-order valence-corrected chi connectivity index (χ4v) is 3.08. The smallest absolute Gasteiger partial charge is 0.239 e. The standard InChI is InChI=1S/C13H25N3O2/c1-9-6-16(7-12(2,3)18-9)8-13(15,11(14)17)10-4-5-10/h9-10H,4-8,15H2,1-3H3,(H2,14,17). The van der Waals surface area contributed by atoms with Gasteiger partial charge in [-0.15, -0.1) is 0 Å². The number of nitrogens with zero attached hydrogens (tertiary/aromatic N) is 1. The van der Waals surface area contributed by atoms with Crippen molar-refractivity contribution < 1.29 is 9.53 Å². The van der Waals surface area contributed by atoms with Gasteiger partial charge in [-0.05, 0) is 39.5 Å². The molecule has 104 valence electrons. The van der Waals surface area contributed by atoms with E-state index in [0.717, 1.165) is 25.9 Å². The highest BCUT2D eigenvalue weighted by molar-refractivity contribution is 5.85. The fourth-order valence-electron chi connectivity index (χ4n) is 3.08. The summed E-state index contributed by atoms with van der Waals surface area (Å²) in [5.41, 5.74) is 10.7. The van der Waals surface area contributed by atoms with E-state index < -0.39 is 5.54 Å². The second-order valence-corrected chi connectivity index (χ2v) is 6.54. The summed E-state index contributed by atoms with van der Waals surface area (Å²) in [5, 5.41) is 0. The maximum Gasteiger partial charge on any atom is 0.239 e. The van der Waals surface area contributed by atoms with Crippen molar-refractivity contribution in [2.45, 2.75) is 50.9 Å². The molecule has 4 N–H and O–H groups in total. The summed E-state index contributed by atoms with van der Waals surface area (Å²) < 4.78 is 5.86. The maximum absolute atomic E-state index is 11.7. The Balaban J connectivity index is 2.05. The van der Waals surface area contributed by atoms with E-state index in [2.05, 4.69) is 18.7 Å². The van der Waals surface area contributed by atoms with Gasteiger partial charge in [0.25, 0.3) is 0 Å². The van der Waals surface area contributed by atoms with Crippen molar-refractivity contribution in [3.63, 3.8) is 0 Å². The van der Waals surface area contributed by atoms with Crippen LogP contribution >= 0.6 is 0 Å². The number of hydrogen-bond acceptors (Lipinski definition) is 4. The molecule has 2 aliphatic rings. The van der Waals surface area contributed by atoms with Crippen LogP contribution in [0.15, 0.2) is 0 Å². The van der Waals surface area contributed by atoms with E-state index in [1.807, 2.05) is 6.92 Å². The molecule has 5 heteroatoms. The van der Waals surface area contributed by atoms with Gasteiger partial charge >= 0.3 is 0 Å². The lowest BCUT2D eigenvalue weighted by Crippen LogP contribution is -2.64. The minimum absolute atomic E-state index is 0.157. The van der Waals surface area contributed by atoms with E-state index in [1.54, 1.807) is 0 Å². The number of primary amides is 1. The largest absolute Gasteiger partial charge is 0.370 e. The Labute approximate surface area is 109 Å². The van der Waals surface area contributed by atoms with Crippen LogP contribution < -0.4 is 11.5 Å². The van der Waals surface area contributed by atoms with Crippen LogP contribution in [0.2, 0.25) is 0 Å². The number of hydrogen-bond donors (Lipinski definition) is 2. The Morgan fingerprint density at radius 2 is 2.11 bits per heavy atom. The van der Waals surface area contributed by atoms with Gasteiger partial charge in [-0.1, -0.05) is 0 Å². The topological polar surface area (TPSA) is 81.6 Å². The first-order valence-electron chi connectivity index (χ1n) is 6.72. The molecule has 2 atom stereocenters. The van der Waals surface area contributed by atoms with E-state index in [4.69, 9.17) is 16.2 Å². The summed E-state index contributed by atoms with van der Waals surface area (Å²) in [7, 11) is 0. The zero-order valence-electron chi connectivity index (χ0n) is 11.6. The molecule has 1 saturated heterocycles. The van der Waals surface area contributed by atoms with Crippen LogP contribution in [0, 0.1) is 5.92 Å². The molecule has 0 aromatic heterocycles. The highest BCUT2D eigenvalue weighted by Gasteiger charge is 2.48. The summed E-state index contributed by atoms with van der Waals surface area (Å²) in [6, 6.07) is 0. The molecule has 5 nitrogen and oxygen atoms in total. The molecule has 2 unspecified atom stereocenters. The average molecular weight is 255 g/mol. The molecule has 1 amide bonds. The van der Waals surface area contributed by atoms with Gasteiger partial charge in [0, 0.05) is 19.6 Å². The van der Waals surface area contributed by atoms with E-state index in [-0.39, 0.29) is 23.5 Å². The predicted octanol–water partition coefficient (Wildman–Crippen LogP) is 0.0785. The van der Waals surface area contributed by atoms with Crippen LogP contribution in [0.3, 0.4) is 0 Å². The predicted molar refractivity (Wildman–Crippen MR) is 69.9 cm³/mol. The molecule has 0 aromatic carbocycles. The van der Waals surface area contributed by atoms with Crippen molar-refractivity contribution in [3.05, 3.63) is 0 Å². The van der Waals surface area contributed by atoms with E-state index >= 15 is 0 Å². The minimum atomic E-state index is -0.868. The number of morpholine rings is 1.